The molecule has 0 aliphatic carbocycles. The van der Waals surface area contributed by atoms with Crippen molar-refractivity contribution in [3.05, 3.63) is 60.6 Å². The van der Waals surface area contributed by atoms with E-state index in [2.05, 4.69) is 32.3 Å². The van der Waals surface area contributed by atoms with Gasteiger partial charge in [0.15, 0.2) is 0 Å². The first-order valence-corrected chi connectivity index (χ1v) is 6.91. The minimum absolute atomic E-state index is 0.379. The molecular formula is C18H12N4. The zero-order chi connectivity index (χ0) is 14.9. The zero-order valence-electron chi connectivity index (χ0n) is 11.7. The molecule has 104 valence electrons. The molecule has 4 rings (SSSR count). The summed E-state index contributed by atoms with van der Waals surface area (Å²) in [5.41, 5.74) is 2.89. The van der Waals surface area contributed by atoms with Crippen LogP contribution in [0.1, 0.15) is 5.82 Å². The number of nitrogens with zero attached hydrogens (tertiary/aromatic N) is 2. The number of fused-ring (bicyclic) bond motifs is 2. The minimum atomic E-state index is 0.379. The van der Waals surface area contributed by atoms with Crippen molar-refractivity contribution in [1.29, 1.82) is 0 Å². The number of rotatable bonds is 2. The number of hydrogen-bond donors (Lipinski definition) is 2. The van der Waals surface area contributed by atoms with E-state index in [1.165, 1.54) is 0 Å². The Morgan fingerprint density at radius 1 is 1.05 bits per heavy atom. The van der Waals surface area contributed by atoms with Gasteiger partial charge in [0.1, 0.15) is 5.82 Å². The van der Waals surface area contributed by atoms with Gasteiger partial charge in [-0.25, -0.2) is 9.97 Å². The molecule has 0 atom stereocenters. The predicted octanol–water partition coefficient (Wildman–Crippen LogP) is 3.84. The highest BCUT2D eigenvalue weighted by Crippen LogP contribution is 2.25. The van der Waals surface area contributed by atoms with Crippen molar-refractivity contribution >= 4 is 33.3 Å². The third-order valence-corrected chi connectivity index (χ3v) is 3.55. The van der Waals surface area contributed by atoms with E-state index < -0.39 is 0 Å². The van der Waals surface area contributed by atoms with Crippen molar-refractivity contribution in [3.63, 3.8) is 0 Å². The van der Waals surface area contributed by atoms with Gasteiger partial charge in [0.25, 0.3) is 0 Å². The summed E-state index contributed by atoms with van der Waals surface area (Å²) < 4.78 is 0. The van der Waals surface area contributed by atoms with Gasteiger partial charge in [0.2, 0.25) is 5.82 Å². The SMILES string of the molecule is C#Cc1nc(Nc2ccc3[nH]ccc3c2)c2ccccc2n1. The van der Waals surface area contributed by atoms with Crippen LogP contribution in [0.15, 0.2) is 54.7 Å². The Kier molecular flexibility index (Phi) is 2.77. The van der Waals surface area contributed by atoms with Crippen LogP contribution in [0.2, 0.25) is 0 Å². The Labute approximate surface area is 127 Å². The van der Waals surface area contributed by atoms with Crippen molar-refractivity contribution < 1.29 is 0 Å². The summed E-state index contributed by atoms with van der Waals surface area (Å²) in [7, 11) is 0. The van der Waals surface area contributed by atoms with E-state index in [1.54, 1.807) is 0 Å². The highest BCUT2D eigenvalue weighted by molar-refractivity contribution is 5.92. The average molecular weight is 284 g/mol. The van der Waals surface area contributed by atoms with Crippen LogP contribution in [0.5, 0.6) is 0 Å². The van der Waals surface area contributed by atoms with Gasteiger partial charge in [-0.15, -0.1) is 6.42 Å². The normalized spacial score (nSPS) is 10.7. The first kappa shape index (κ1) is 12.4. The highest BCUT2D eigenvalue weighted by Gasteiger charge is 2.07. The predicted molar refractivity (Wildman–Crippen MR) is 89.1 cm³/mol. The summed E-state index contributed by atoms with van der Waals surface area (Å²) in [4.78, 5) is 11.9. The lowest BCUT2D eigenvalue weighted by Gasteiger charge is -2.09. The van der Waals surface area contributed by atoms with Crippen molar-refractivity contribution in [3.8, 4) is 12.3 Å². The maximum absolute atomic E-state index is 5.46. The van der Waals surface area contributed by atoms with Gasteiger partial charge in [-0.3, -0.25) is 0 Å². The Morgan fingerprint density at radius 2 is 1.95 bits per heavy atom. The van der Waals surface area contributed by atoms with Gasteiger partial charge in [-0.05, 0) is 42.3 Å². The molecule has 0 bridgehead atoms. The van der Waals surface area contributed by atoms with E-state index in [1.807, 2.05) is 48.7 Å². The van der Waals surface area contributed by atoms with Crippen LogP contribution < -0.4 is 5.32 Å². The number of terminal acetylenes is 1. The molecule has 4 aromatic rings. The molecule has 0 amide bonds. The fraction of sp³-hybridized carbons (Fsp3) is 0. The first-order valence-electron chi connectivity index (χ1n) is 6.91. The van der Waals surface area contributed by atoms with Crippen LogP contribution >= 0.6 is 0 Å². The van der Waals surface area contributed by atoms with Crippen LogP contribution in [0, 0.1) is 12.3 Å². The molecule has 2 heterocycles. The van der Waals surface area contributed by atoms with Crippen LogP contribution in [-0.2, 0) is 0 Å². The van der Waals surface area contributed by atoms with E-state index >= 15 is 0 Å². The number of para-hydroxylation sites is 1. The smallest absolute Gasteiger partial charge is 0.207 e. The second kappa shape index (κ2) is 4.90. The van der Waals surface area contributed by atoms with E-state index in [9.17, 15) is 0 Å². The fourth-order valence-electron chi connectivity index (χ4n) is 2.50. The quantitative estimate of drug-likeness (QED) is 0.550. The van der Waals surface area contributed by atoms with Crippen molar-refractivity contribution in [2.75, 3.05) is 5.32 Å². The largest absolute Gasteiger partial charge is 0.361 e. The molecule has 0 saturated carbocycles. The molecule has 2 aromatic heterocycles. The monoisotopic (exact) mass is 284 g/mol. The van der Waals surface area contributed by atoms with Gasteiger partial charge in [-0.2, -0.15) is 0 Å². The van der Waals surface area contributed by atoms with Gasteiger partial charge < -0.3 is 10.3 Å². The second-order valence-electron chi connectivity index (χ2n) is 4.96. The van der Waals surface area contributed by atoms with Gasteiger partial charge in [0.05, 0.1) is 5.52 Å². The lowest BCUT2D eigenvalue weighted by atomic mass is 10.2. The number of aromatic nitrogens is 3. The summed E-state index contributed by atoms with van der Waals surface area (Å²) in [6, 6.07) is 15.9. The van der Waals surface area contributed by atoms with Crippen molar-refractivity contribution in [2.45, 2.75) is 0 Å². The Bertz CT molecular complexity index is 1020. The molecule has 0 spiro atoms. The molecule has 4 heteroatoms. The molecular weight excluding hydrogens is 272 g/mol. The summed E-state index contributed by atoms with van der Waals surface area (Å²) in [5.74, 6) is 3.60. The summed E-state index contributed by atoms with van der Waals surface area (Å²) in [6.07, 6.45) is 7.38. The Balaban J connectivity index is 1.84. The zero-order valence-corrected chi connectivity index (χ0v) is 11.7. The van der Waals surface area contributed by atoms with E-state index in [4.69, 9.17) is 6.42 Å². The van der Waals surface area contributed by atoms with Crippen LogP contribution in [0.25, 0.3) is 21.8 Å². The molecule has 0 aliphatic heterocycles. The second-order valence-corrected chi connectivity index (χ2v) is 4.96. The molecule has 2 aromatic carbocycles. The average Bonchev–Trinajstić information content (AvgIpc) is 3.02. The van der Waals surface area contributed by atoms with E-state index in [-0.39, 0.29) is 0 Å². The molecule has 22 heavy (non-hydrogen) atoms. The van der Waals surface area contributed by atoms with Gasteiger partial charge >= 0.3 is 0 Å². The van der Waals surface area contributed by atoms with Crippen LogP contribution in [-0.4, -0.2) is 15.0 Å². The van der Waals surface area contributed by atoms with Gasteiger partial charge in [-0.1, -0.05) is 12.1 Å². The number of benzene rings is 2. The number of aromatic amines is 1. The van der Waals surface area contributed by atoms with Crippen LogP contribution in [0.3, 0.4) is 0 Å². The third kappa shape index (κ3) is 2.05. The lowest BCUT2D eigenvalue weighted by Crippen LogP contribution is -1.99. The van der Waals surface area contributed by atoms with Gasteiger partial charge in [0, 0.05) is 28.2 Å². The molecule has 0 fully saturated rings. The molecule has 0 radical (unpaired) electrons. The number of nitrogens with one attached hydrogen (secondary N) is 2. The highest BCUT2D eigenvalue weighted by atomic mass is 15.0. The summed E-state index contributed by atoms with van der Waals surface area (Å²) >= 11 is 0. The van der Waals surface area contributed by atoms with Crippen molar-refractivity contribution in [2.24, 2.45) is 0 Å². The molecule has 0 aliphatic rings. The Morgan fingerprint density at radius 3 is 2.86 bits per heavy atom. The number of hydrogen-bond acceptors (Lipinski definition) is 3. The number of H-pyrrole nitrogens is 1. The minimum Gasteiger partial charge on any atom is -0.361 e. The summed E-state index contributed by atoms with van der Waals surface area (Å²) in [6.45, 7) is 0. The molecule has 0 unspecified atom stereocenters. The molecule has 4 nitrogen and oxygen atoms in total. The topological polar surface area (TPSA) is 53.6 Å². The number of anilines is 2. The third-order valence-electron chi connectivity index (χ3n) is 3.55. The van der Waals surface area contributed by atoms with Crippen molar-refractivity contribution in [1.82, 2.24) is 15.0 Å². The van der Waals surface area contributed by atoms with E-state index in [0.717, 1.165) is 27.5 Å². The summed E-state index contributed by atoms with van der Waals surface area (Å²) in [5, 5.41) is 5.42. The maximum Gasteiger partial charge on any atom is 0.207 e. The lowest BCUT2D eigenvalue weighted by molar-refractivity contribution is 1.18. The maximum atomic E-state index is 5.46. The first-order chi connectivity index (χ1) is 10.8. The Hall–Kier alpha value is -3.32. The molecule has 2 N–H and O–H groups in total. The standard InChI is InChI=1S/C18H12N4/c1-2-17-21-16-6-4-3-5-14(16)18(22-17)20-13-7-8-15-12(11-13)9-10-19-15/h1,3-11,19H,(H,20,21,22). The van der Waals surface area contributed by atoms with E-state index in [0.29, 0.717) is 11.6 Å². The fourth-order valence-corrected chi connectivity index (χ4v) is 2.50. The van der Waals surface area contributed by atoms with Crippen LogP contribution in [0.4, 0.5) is 11.5 Å². The molecule has 0 saturated heterocycles.